The molecular formula is C15H14ClN3. The van der Waals surface area contributed by atoms with E-state index >= 15 is 0 Å². The fourth-order valence-corrected chi connectivity index (χ4v) is 2.06. The summed E-state index contributed by atoms with van der Waals surface area (Å²) in [5.74, 6) is 0.438. The number of imidazole rings is 1. The molecule has 96 valence electrons. The predicted molar refractivity (Wildman–Crippen MR) is 81.1 cm³/mol. The molecule has 0 aliphatic carbocycles. The maximum absolute atomic E-state index is 5.64. The van der Waals surface area contributed by atoms with Crippen molar-refractivity contribution in [2.75, 3.05) is 5.73 Å². The highest BCUT2D eigenvalue weighted by Gasteiger charge is 2.08. The van der Waals surface area contributed by atoms with Crippen LogP contribution >= 0.6 is 12.4 Å². The number of aromatic amines is 1. The van der Waals surface area contributed by atoms with Gasteiger partial charge in [-0.15, -0.1) is 12.4 Å². The van der Waals surface area contributed by atoms with Crippen molar-refractivity contribution in [2.24, 2.45) is 0 Å². The summed E-state index contributed by atoms with van der Waals surface area (Å²) < 4.78 is 0. The van der Waals surface area contributed by atoms with Gasteiger partial charge in [0.05, 0.1) is 11.9 Å². The van der Waals surface area contributed by atoms with Crippen molar-refractivity contribution in [1.82, 2.24) is 9.97 Å². The minimum Gasteiger partial charge on any atom is -0.369 e. The van der Waals surface area contributed by atoms with Crippen LogP contribution in [0.2, 0.25) is 0 Å². The van der Waals surface area contributed by atoms with Crippen LogP contribution in [0.3, 0.4) is 0 Å². The molecule has 0 aliphatic heterocycles. The smallest absolute Gasteiger partial charge is 0.197 e. The topological polar surface area (TPSA) is 54.7 Å². The first-order chi connectivity index (χ1) is 8.84. The van der Waals surface area contributed by atoms with E-state index in [1.807, 2.05) is 30.3 Å². The van der Waals surface area contributed by atoms with Crippen molar-refractivity contribution in [3.8, 4) is 22.4 Å². The number of aromatic nitrogens is 2. The Kier molecular flexibility index (Phi) is 3.88. The number of benzene rings is 2. The molecule has 0 bridgehead atoms. The van der Waals surface area contributed by atoms with Crippen LogP contribution in [0.15, 0.2) is 60.8 Å². The summed E-state index contributed by atoms with van der Waals surface area (Å²) in [5, 5.41) is 0. The van der Waals surface area contributed by atoms with E-state index in [0.29, 0.717) is 5.95 Å². The van der Waals surface area contributed by atoms with Gasteiger partial charge in [0.1, 0.15) is 0 Å². The van der Waals surface area contributed by atoms with Gasteiger partial charge < -0.3 is 10.7 Å². The first-order valence-electron chi connectivity index (χ1n) is 5.80. The van der Waals surface area contributed by atoms with E-state index in [9.17, 15) is 0 Å². The highest BCUT2D eigenvalue weighted by molar-refractivity contribution is 5.85. The standard InChI is InChI=1S/C15H13N3.ClH/c16-15-17-10-14(18-15)13-9-5-4-8-12(13)11-6-2-1-3-7-11;/h1-10H,(H3,16,17,18);1H. The van der Waals surface area contributed by atoms with E-state index in [0.717, 1.165) is 11.3 Å². The maximum atomic E-state index is 5.64. The van der Waals surface area contributed by atoms with Crippen LogP contribution in [0.25, 0.3) is 22.4 Å². The van der Waals surface area contributed by atoms with Crippen LogP contribution in [0, 0.1) is 0 Å². The molecule has 3 aromatic rings. The molecule has 0 amide bonds. The minimum absolute atomic E-state index is 0. The molecule has 3 nitrogen and oxygen atoms in total. The fraction of sp³-hybridized carbons (Fsp3) is 0. The summed E-state index contributed by atoms with van der Waals surface area (Å²) in [6.45, 7) is 0. The third kappa shape index (κ3) is 2.61. The van der Waals surface area contributed by atoms with Gasteiger partial charge in [0, 0.05) is 5.56 Å². The Morgan fingerprint density at radius 3 is 2.11 bits per heavy atom. The summed E-state index contributed by atoms with van der Waals surface area (Å²) in [6, 6.07) is 18.5. The van der Waals surface area contributed by atoms with E-state index in [2.05, 4.69) is 34.2 Å². The highest BCUT2D eigenvalue weighted by atomic mass is 35.5. The Morgan fingerprint density at radius 2 is 1.47 bits per heavy atom. The number of rotatable bonds is 2. The average molecular weight is 272 g/mol. The zero-order chi connectivity index (χ0) is 12.4. The summed E-state index contributed by atoms with van der Waals surface area (Å²) in [4.78, 5) is 7.12. The lowest BCUT2D eigenvalue weighted by atomic mass is 9.98. The van der Waals surface area contributed by atoms with E-state index in [-0.39, 0.29) is 12.4 Å². The normalized spacial score (nSPS) is 9.89. The molecule has 1 heterocycles. The second-order valence-electron chi connectivity index (χ2n) is 4.09. The highest BCUT2D eigenvalue weighted by Crippen LogP contribution is 2.30. The van der Waals surface area contributed by atoms with Gasteiger partial charge in [0.15, 0.2) is 5.95 Å². The number of nitrogens with two attached hydrogens (primary N) is 1. The van der Waals surface area contributed by atoms with Crippen molar-refractivity contribution < 1.29 is 0 Å². The van der Waals surface area contributed by atoms with Crippen LogP contribution in [0.1, 0.15) is 0 Å². The van der Waals surface area contributed by atoms with Crippen LogP contribution < -0.4 is 5.73 Å². The Morgan fingerprint density at radius 1 is 0.842 bits per heavy atom. The molecule has 2 aromatic carbocycles. The van der Waals surface area contributed by atoms with Gasteiger partial charge in [-0.1, -0.05) is 54.6 Å². The zero-order valence-electron chi connectivity index (χ0n) is 10.2. The molecule has 0 saturated carbocycles. The predicted octanol–water partition coefficient (Wildman–Crippen LogP) is 3.75. The minimum atomic E-state index is 0. The van der Waals surface area contributed by atoms with Crippen molar-refractivity contribution in [3.05, 3.63) is 60.8 Å². The number of hydrogen-bond acceptors (Lipinski definition) is 2. The molecule has 3 N–H and O–H groups in total. The second-order valence-corrected chi connectivity index (χ2v) is 4.09. The van der Waals surface area contributed by atoms with Gasteiger partial charge in [0.25, 0.3) is 0 Å². The number of halogens is 1. The first kappa shape index (κ1) is 13.2. The van der Waals surface area contributed by atoms with Gasteiger partial charge in [-0.2, -0.15) is 0 Å². The lowest BCUT2D eigenvalue weighted by Gasteiger charge is -2.07. The average Bonchev–Trinajstić information content (AvgIpc) is 2.86. The van der Waals surface area contributed by atoms with Crippen LogP contribution in [0.5, 0.6) is 0 Å². The fourth-order valence-electron chi connectivity index (χ4n) is 2.06. The molecule has 0 atom stereocenters. The van der Waals surface area contributed by atoms with Crippen molar-refractivity contribution in [2.45, 2.75) is 0 Å². The SMILES string of the molecule is Cl.Nc1ncc(-c2ccccc2-c2ccccc2)[nH]1. The summed E-state index contributed by atoms with van der Waals surface area (Å²) in [6.07, 6.45) is 1.76. The van der Waals surface area contributed by atoms with E-state index in [4.69, 9.17) is 5.73 Å². The lowest BCUT2D eigenvalue weighted by Crippen LogP contribution is -1.87. The molecule has 0 spiro atoms. The quantitative estimate of drug-likeness (QED) is 0.746. The largest absolute Gasteiger partial charge is 0.369 e. The van der Waals surface area contributed by atoms with Crippen LogP contribution in [-0.4, -0.2) is 9.97 Å². The number of nitrogens with one attached hydrogen (secondary N) is 1. The summed E-state index contributed by atoms with van der Waals surface area (Å²) in [7, 11) is 0. The van der Waals surface area contributed by atoms with Gasteiger partial charge in [-0.3, -0.25) is 0 Å². The van der Waals surface area contributed by atoms with E-state index in [1.165, 1.54) is 11.1 Å². The molecule has 0 unspecified atom stereocenters. The van der Waals surface area contributed by atoms with Crippen molar-refractivity contribution in [3.63, 3.8) is 0 Å². The van der Waals surface area contributed by atoms with Crippen LogP contribution in [-0.2, 0) is 0 Å². The van der Waals surface area contributed by atoms with E-state index in [1.54, 1.807) is 6.20 Å². The molecule has 0 fully saturated rings. The summed E-state index contributed by atoms with van der Waals surface area (Å²) >= 11 is 0. The number of H-pyrrole nitrogens is 1. The number of nitrogens with zero attached hydrogens (tertiary/aromatic N) is 1. The second kappa shape index (κ2) is 5.59. The Bertz CT molecular complexity index is 662. The number of nitrogen functional groups attached to an aromatic ring is 1. The molecule has 0 saturated heterocycles. The number of hydrogen-bond donors (Lipinski definition) is 2. The first-order valence-corrected chi connectivity index (χ1v) is 5.80. The zero-order valence-corrected chi connectivity index (χ0v) is 11.0. The molecule has 3 rings (SSSR count). The van der Waals surface area contributed by atoms with Gasteiger partial charge >= 0.3 is 0 Å². The monoisotopic (exact) mass is 271 g/mol. The third-order valence-electron chi connectivity index (χ3n) is 2.90. The third-order valence-corrected chi connectivity index (χ3v) is 2.90. The maximum Gasteiger partial charge on any atom is 0.197 e. The van der Waals surface area contributed by atoms with Gasteiger partial charge in [-0.25, -0.2) is 4.98 Å². The molecule has 0 radical (unpaired) electrons. The van der Waals surface area contributed by atoms with Gasteiger partial charge in [0.2, 0.25) is 0 Å². The van der Waals surface area contributed by atoms with Crippen molar-refractivity contribution >= 4 is 18.4 Å². The Labute approximate surface area is 117 Å². The molecule has 19 heavy (non-hydrogen) atoms. The lowest BCUT2D eigenvalue weighted by molar-refractivity contribution is 1.33. The van der Waals surface area contributed by atoms with Gasteiger partial charge in [-0.05, 0) is 11.1 Å². The molecular weight excluding hydrogens is 258 g/mol. The molecule has 0 aliphatic rings. The Hall–Kier alpha value is -2.26. The molecule has 4 heteroatoms. The van der Waals surface area contributed by atoms with Crippen molar-refractivity contribution in [1.29, 1.82) is 0 Å². The summed E-state index contributed by atoms with van der Waals surface area (Å²) in [5.41, 5.74) is 10.0. The van der Waals surface area contributed by atoms with E-state index < -0.39 is 0 Å². The molecule has 1 aromatic heterocycles. The Balaban J connectivity index is 0.00000133. The van der Waals surface area contributed by atoms with Crippen LogP contribution in [0.4, 0.5) is 5.95 Å². The number of anilines is 1.